The lowest BCUT2D eigenvalue weighted by atomic mass is 10.1. The van der Waals surface area contributed by atoms with Crippen LogP contribution in [0.2, 0.25) is 0 Å². The molecule has 0 saturated heterocycles. The number of hydrogen-bond donors (Lipinski definition) is 2. The van der Waals surface area contributed by atoms with Crippen molar-refractivity contribution in [1.82, 2.24) is 4.57 Å². The molecule has 0 fully saturated rings. The Morgan fingerprint density at radius 3 is 2.60 bits per heavy atom. The highest BCUT2D eigenvalue weighted by atomic mass is 16.4. The fraction of sp³-hybridized carbons (Fsp3) is 0.368. The zero-order valence-corrected chi connectivity index (χ0v) is 14.7. The Labute approximate surface area is 148 Å². The van der Waals surface area contributed by atoms with Gasteiger partial charge in [-0.05, 0) is 17.5 Å². The van der Waals surface area contributed by atoms with Gasteiger partial charge in [-0.2, -0.15) is 0 Å². The molecule has 0 aliphatic carbocycles. The molecule has 1 atom stereocenters. The Morgan fingerprint density at radius 1 is 1.44 bits per heavy atom. The number of aliphatic hydroxyl groups excluding tert-OH is 1. The minimum Gasteiger partial charge on any atom is -0.548 e. The van der Waals surface area contributed by atoms with E-state index in [1.807, 2.05) is 6.08 Å². The molecule has 1 heterocycles. The van der Waals surface area contributed by atoms with Gasteiger partial charge in [0.1, 0.15) is 18.9 Å². The van der Waals surface area contributed by atoms with Crippen LogP contribution in [0.3, 0.4) is 0 Å². The highest BCUT2D eigenvalue weighted by Crippen LogP contribution is 2.05. The molecular formula is C19H27N3O3. The largest absolute Gasteiger partial charge is 0.548 e. The second kappa shape index (κ2) is 11.2. The van der Waals surface area contributed by atoms with Gasteiger partial charge in [0, 0.05) is 0 Å². The number of carbonyl (C=O) groups is 1. The number of carbonyl (C=O) groups excluding carboxylic acids is 1. The molecule has 0 bridgehead atoms. The second-order valence-electron chi connectivity index (χ2n) is 5.73. The number of rotatable bonds is 8. The topological polar surface area (TPSA) is 95.2 Å². The lowest BCUT2D eigenvalue weighted by Crippen LogP contribution is -2.44. The SMILES string of the molecule is C=Cc1ccc(C[n+]2ccn(CCCC)c2)cc1.N[C@@H](CO)C(=O)[O-]. The monoisotopic (exact) mass is 345 g/mol. The molecule has 6 heteroatoms. The summed E-state index contributed by atoms with van der Waals surface area (Å²) in [6, 6.07) is 7.30. The summed E-state index contributed by atoms with van der Waals surface area (Å²) in [7, 11) is 0. The highest BCUT2D eigenvalue weighted by Gasteiger charge is 2.04. The summed E-state index contributed by atoms with van der Waals surface area (Å²) in [4.78, 5) is 9.53. The molecule has 0 radical (unpaired) electrons. The zero-order chi connectivity index (χ0) is 18.7. The Bertz CT molecular complexity index is 650. The molecule has 6 nitrogen and oxygen atoms in total. The van der Waals surface area contributed by atoms with Crippen molar-refractivity contribution in [3.63, 3.8) is 0 Å². The van der Waals surface area contributed by atoms with Crippen LogP contribution in [-0.2, 0) is 17.9 Å². The van der Waals surface area contributed by atoms with Crippen LogP contribution in [0, 0.1) is 0 Å². The van der Waals surface area contributed by atoms with Gasteiger partial charge in [0.25, 0.3) is 0 Å². The van der Waals surface area contributed by atoms with Crippen molar-refractivity contribution in [3.05, 3.63) is 60.7 Å². The van der Waals surface area contributed by atoms with E-state index in [4.69, 9.17) is 10.8 Å². The number of aryl methyl sites for hydroxylation is 1. The van der Waals surface area contributed by atoms with Gasteiger partial charge in [-0.1, -0.05) is 50.3 Å². The molecule has 1 aromatic carbocycles. The third kappa shape index (κ3) is 7.78. The quantitative estimate of drug-likeness (QED) is 0.674. The Balaban J connectivity index is 0.000000381. The van der Waals surface area contributed by atoms with Gasteiger partial charge in [0.2, 0.25) is 6.33 Å². The van der Waals surface area contributed by atoms with Crippen molar-refractivity contribution in [2.75, 3.05) is 6.61 Å². The number of carboxylic acids is 1. The van der Waals surface area contributed by atoms with E-state index in [0.29, 0.717) is 0 Å². The van der Waals surface area contributed by atoms with Crippen LogP contribution in [0.4, 0.5) is 0 Å². The summed E-state index contributed by atoms with van der Waals surface area (Å²) in [6.45, 7) is 7.46. The van der Waals surface area contributed by atoms with Gasteiger partial charge in [-0.3, -0.25) is 0 Å². The number of carboxylic acid groups (broad SMARTS) is 1. The fourth-order valence-corrected chi connectivity index (χ4v) is 2.05. The number of benzene rings is 1. The maximum absolute atomic E-state index is 9.53. The van der Waals surface area contributed by atoms with Crippen molar-refractivity contribution in [2.45, 2.75) is 38.9 Å². The Morgan fingerprint density at radius 2 is 2.12 bits per heavy atom. The van der Waals surface area contributed by atoms with Crippen molar-refractivity contribution in [3.8, 4) is 0 Å². The fourth-order valence-electron chi connectivity index (χ4n) is 2.05. The first kappa shape index (κ1) is 20.6. The molecule has 0 amide bonds. The highest BCUT2D eigenvalue weighted by molar-refractivity contribution is 5.70. The zero-order valence-electron chi connectivity index (χ0n) is 14.7. The van der Waals surface area contributed by atoms with Crippen LogP contribution in [0.15, 0.2) is 49.6 Å². The summed E-state index contributed by atoms with van der Waals surface area (Å²) >= 11 is 0. The maximum Gasteiger partial charge on any atom is 0.244 e. The molecular weight excluding hydrogens is 318 g/mol. The van der Waals surface area contributed by atoms with Gasteiger partial charge < -0.3 is 20.7 Å². The molecule has 0 spiro atoms. The van der Waals surface area contributed by atoms with Crippen LogP contribution in [0.1, 0.15) is 30.9 Å². The smallest absolute Gasteiger partial charge is 0.244 e. The molecule has 2 aromatic rings. The molecule has 0 unspecified atom stereocenters. The lowest BCUT2D eigenvalue weighted by Gasteiger charge is -2.06. The average Bonchev–Trinajstić information content (AvgIpc) is 3.07. The molecule has 0 aliphatic heterocycles. The summed E-state index contributed by atoms with van der Waals surface area (Å²) in [5.41, 5.74) is 7.19. The molecule has 2 rings (SSSR count). The molecule has 3 N–H and O–H groups in total. The molecule has 0 saturated carbocycles. The number of imidazole rings is 1. The Hall–Kier alpha value is -2.44. The van der Waals surface area contributed by atoms with Gasteiger partial charge >= 0.3 is 0 Å². The standard InChI is InChI=1S/C16H21N2.C3H7NO3/c1-3-5-10-17-11-12-18(14-17)13-16-8-6-15(4-2)7-9-16;4-2(1-5)3(6)7/h4,6-9,11-12,14H,2-3,5,10,13H2,1H3;2,5H,1,4H2,(H,6,7)/q+1;/p-1/t;2-/m.0/s1. The van der Waals surface area contributed by atoms with E-state index in [9.17, 15) is 9.90 Å². The number of aliphatic hydroxyl groups is 1. The summed E-state index contributed by atoms with van der Waals surface area (Å²) in [5, 5.41) is 17.5. The predicted molar refractivity (Wildman–Crippen MR) is 95.2 cm³/mol. The van der Waals surface area contributed by atoms with E-state index < -0.39 is 18.6 Å². The minimum atomic E-state index is -1.43. The lowest BCUT2D eigenvalue weighted by molar-refractivity contribution is -0.687. The van der Waals surface area contributed by atoms with E-state index in [0.717, 1.165) is 13.1 Å². The van der Waals surface area contributed by atoms with Crippen LogP contribution in [0.25, 0.3) is 6.08 Å². The molecule has 1 aromatic heterocycles. The van der Waals surface area contributed by atoms with E-state index in [2.05, 4.69) is 65.6 Å². The van der Waals surface area contributed by atoms with Crippen LogP contribution >= 0.6 is 0 Å². The number of nitrogens with two attached hydrogens (primary N) is 1. The number of aromatic nitrogens is 2. The average molecular weight is 345 g/mol. The first-order chi connectivity index (χ1) is 12.0. The van der Waals surface area contributed by atoms with E-state index in [1.54, 1.807) is 0 Å². The predicted octanol–water partition coefficient (Wildman–Crippen LogP) is 0.323. The molecule has 0 aliphatic rings. The van der Waals surface area contributed by atoms with Gasteiger partial charge in [0.05, 0.1) is 25.2 Å². The molecule has 136 valence electrons. The van der Waals surface area contributed by atoms with Gasteiger partial charge in [-0.25, -0.2) is 9.13 Å². The summed E-state index contributed by atoms with van der Waals surface area (Å²) < 4.78 is 4.47. The number of nitrogens with zero attached hydrogens (tertiary/aromatic N) is 2. The number of unbranched alkanes of at least 4 members (excludes halogenated alkanes) is 1. The van der Waals surface area contributed by atoms with Crippen LogP contribution in [-0.4, -0.2) is 28.3 Å². The summed E-state index contributed by atoms with van der Waals surface area (Å²) in [5.74, 6) is -1.43. The molecule has 25 heavy (non-hydrogen) atoms. The van der Waals surface area contributed by atoms with Crippen molar-refractivity contribution >= 4 is 12.0 Å². The third-order valence-electron chi connectivity index (χ3n) is 3.60. The van der Waals surface area contributed by atoms with Crippen LogP contribution < -0.4 is 15.4 Å². The maximum atomic E-state index is 9.53. The van der Waals surface area contributed by atoms with Crippen molar-refractivity contribution in [2.24, 2.45) is 5.73 Å². The Kier molecular flexibility index (Phi) is 9.21. The van der Waals surface area contributed by atoms with Crippen molar-refractivity contribution < 1.29 is 19.6 Å². The number of aliphatic carboxylic acids is 1. The van der Waals surface area contributed by atoms with Crippen LogP contribution in [0.5, 0.6) is 0 Å². The van der Waals surface area contributed by atoms with Crippen molar-refractivity contribution in [1.29, 1.82) is 0 Å². The third-order valence-corrected chi connectivity index (χ3v) is 3.60. The first-order valence-corrected chi connectivity index (χ1v) is 8.33. The minimum absolute atomic E-state index is 0.567. The number of hydrogen-bond acceptors (Lipinski definition) is 4. The van der Waals surface area contributed by atoms with E-state index >= 15 is 0 Å². The van der Waals surface area contributed by atoms with Gasteiger partial charge in [0.15, 0.2) is 0 Å². The van der Waals surface area contributed by atoms with E-state index in [-0.39, 0.29) is 0 Å². The summed E-state index contributed by atoms with van der Waals surface area (Å²) in [6.07, 6.45) is 10.8. The first-order valence-electron chi connectivity index (χ1n) is 8.33. The van der Waals surface area contributed by atoms with Gasteiger partial charge in [-0.15, -0.1) is 0 Å². The second-order valence-corrected chi connectivity index (χ2v) is 5.73. The van der Waals surface area contributed by atoms with E-state index in [1.165, 1.54) is 24.0 Å². The normalized spacial score (nSPS) is 11.3.